The summed E-state index contributed by atoms with van der Waals surface area (Å²) in [6.45, 7) is 0. The lowest BCUT2D eigenvalue weighted by atomic mass is 9.88. The van der Waals surface area contributed by atoms with Crippen LogP contribution >= 0.6 is 0 Å². The molecule has 2 aliphatic carbocycles. The van der Waals surface area contributed by atoms with Crippen LogP contribution in [-0.2, 0) is 6.42 Å². The molecule has 0 radical (unpaired) electrons. The Labute approximate surface area is 279 Å². The predicted octanol–water partition coefficient (Wildman–Crippen LogP) is 10.6. The molecule has 2 aromatic heterocycles. The van der Waals surface area contributed by atoms with Crippen LogP contribution in [0.15, 0.2) is 140 Å². The topological polar surface area (TPSA) is 57.4 Å². The van der Waals surface area contributed by atoms with Gasteiger partial charge in [0.15, 0.2) is 0 Å². The second-order valence-electron chi connectivity index (χ2n) is 12.6. The number of hydrogen-bond donors (Lipinski definition) is 0. The summed E-state index contributed by atoms with van der Waals surface area (Å²) in [6.07, 6.45) is 13.0. The fourth-order valence-electron chi connectivity index (χ4n) is 7.80. The zero-order valence-electron chi connectivity index (χ0n) is 26.2. The van der Waals surface area contributed by atoms with Gasteiger partial charge in [0.1, 0.15) is 0 Å². The molecule has 0 N–H and O–H groups in total. The highest BCUT2D eigenvalue weighted by atomic mass is 15.0. The molecule has 2 heterocycles. The van der Waals surface area contributed by atoms with E-state index in [0.717, 1.165) is 51.3 Å². The maximum atomic E-state index is 10.3. The molecule has 48 heavy (non-hydrogen) atoms. The molecule has 0 spiro atoms. The first-order chi connectivity index (χ1) is 23.7. The standard InChI is InChI=1S/C44H30N4/c45-27-29-17-24-38-37-12-4-8-16-42(37)48(44(38)25-29)43-26-32(22-23-33(43)28-46)30-18-20-31(21-19-30)34-9-1-5-13-39(34)47-40-14-6-2-10-35(40)36-11-3-7-15-41(36)47/h1-2,4-10,12-26,33,43H,3,11H2. The molecule has 9 rings (SSSR count). The van der Waals surface area contributed by atoms with Crippen LogP contribution in [0.2, 0.25) is 0 Å². The van der Waals surface area contributed by atoms with Gasteiger partial charge in [-0.3, -0.25) is 0 Å². The molecule has 0 fully saturated rings. The van der Waals surface area contributed by atoms with Crippen LogP contribution in [0.5, 0.6) is 0 Å². The molecule has 4 nitrogen and oxygen atoms in total. The van der Waals surface area contributed by atoms with Gasteiger partial charge in [-0.05, 0) is 71.5 Å². The monoisotopic (exact) mass is 614 g/mol. The minimum Gasteiger partial charge on any atom is -0.332 e. The summed E-state index contributed by atoms with van der Waals surface area (Å²) >= 11 is 0. The Morgan fingerprint density at radius 1 is 0.667 bits per heavy atom. The van der Waals surface area contributed by atoms with Crippen LogP contribution < -0.4 is 0 Å². The zero-order valence-corrected chi connectivity index (χ0v) is 26.2. The van der Waals surface area contributed by atoms with E-state index in [1.807, 2.05) is 36.4 Å². The predicted molar refractivity (Wildman–Crippen MR) is 195 cm³/mol. The van der Waals surface area contributed by atoms with Gasteiger partial charge < -0.3 is 9.13 Å². The van der Waals surface area contributed by atoms with E-state index < -0.39 is 0 Å². The molecule has 5 aromatic carbocycles. The average Bonchev–Trinajstić information content (AvgIpc) is 3.67. The van der Waals surface area contributed by atoms with Crippen molar-refractivity contribution < 1.29 is 0 Å². The fourth-order valence-corrected chi connectivity index (χ4v) is 7.80. The van der Waals surface area contributed by atoms with Crippen LogP contribution in [0.25, 0.3) is 61.2 Å². The highest BCUT2D eigenvalue weighted by Crippen LogP contribution is 2.41. The SMILES string of the molecule is N#Cc1ccc2c3ccccc3n(C3C=C(c4ccc(-c5ccccc5-n5c6c(c7ccccc75)CCC=C6)cc4)C=CC3C#N)c2c1. The summed E-state index contributed by atoms with van der Waals surface area (Å²) in [7, 11) is 0. The lowest BCUT2D eigenvalue weighted by molar-refractivity contribution is 0.562. The molecule has 0 saturated heterocycles. The number of nitrogens with zero attached hydrogens (tertiary/aromatic N) is 4. The molecule has 0 bridgehead atoms. The number of benzene rings is 5. The highest BCUT2D eigenvalue weighted by Gasteiger charge is 2.27. The third-order valence-electron chi connectivity index (χ3n) is 10.0. The van der Waals surface area contributed by atoms with E-state index in [-0.39, 0.29) is 12.0 Å². The average molecular weight is 615 g/mol. The van der Waals surface area contributed by atoms with E-state index in [1.54, 1.807) is 0 Å². The number of aromatic nitrogens is 2. The van der Waals surface area contributed by atoms with Gasteiger partial charge >= 0.3 is 0 Å². The van der Waals surface area contributed by atoms with E-state index >= 15 is 0 Å². The zero-order chi connectivity index (χ0) is 32.2. The van der Waals surface area contributed by atoms with E-state index in [2.05, 4.69) is 131 Å². The second-order valence-corrected chi connectivity index (χ2v) is 12.6. The third kappa shape index (κ3) is 4.28. The first-order valence-electron chi connectivity index (χ1n) is 16.4. The highest BCUT2D eigenvalue weighted by molar-refractivity contribution is 6.08. The Balaban J connectivity index is 1.14. The first kappa shape index (κ1) is 27.9. The van der Waals surface area contributed by atoms with Crippen LogP contribution in [0.1, 0.15) is 34.8 Å². The Morgan fingerprint density at radius 2 is 1.40 bits per heavy atom. The quantitative estimate of drug-likeness (QED) is 0.198. The number of allylic oxidation sites excluding steroid dienone is 5. The van der Waals surface area contributed by atoms with Gasteiger partial charge in [0.05, 0.1) is 46.4 Å². The number of rotatable bonds is 4. The largest absolute Gasteiger partial charge is 0.332 e. The van der Waals surface area contributed by atoms with Crippen molar-refractivity contribution in [3.05, 3.63) is 162 Å². The summed E-state index contributed by atoms with van der Waals surface area (Å²) in [5.74, 6) is -0.346. The van der Waals surface area contributed by atoms with E-state index in [1.165, 1.54) is 33.4 Å². The lowest BCUT2D eigenvalue weighted by Gasteiger charge is -2.25. The second kappa shape index (κ2) is 11.2. The van der Waals surface area contributed by atoms with Crippen molar-refractivity contribution in [3.63, 3.8) is 0 Å². The van der Waals surface area contributed by atoms with Crippen molar-refractivity contribution in [1.82, 2.24) is 9.13 Å². The Hall–Kier alpha value is -6.36. The van der Waals surface area contributed by atoms with Crippen molar-refractivity contribution in [2.75, 3.05) is 0 Å². The Bertz CT molecular complexity index is 2590. The molecule has 226 valence electrons. The van der Waals surface area contributed by atoms with Crippen molar-refractivity contribution in [2.45, 2.75) is 18.9 Å². The summed E-state index contributed by atoms with van der Waals surface area (Å²) in [4.78, 5) is 0. The van der Waals surface area contributed by atoms with Crippen LogP contribution in [-0.4, -0.2) is 9.13 Å². The van der Waals surface area contributed by atoms with Crippen molar-refractivity contribution >= 4 is 44.4 Å². The third-order valence-corrected chi connectivity index (χ3v) is 10.0. The maximum Gasteiger partial charge on any atom is 0.0992 e. The van der Waals surface area contributed by atoms with Gasteiger partial charge in [-0.25, -0.2) is 0 Å². The molecule has 2 unspecified atom stereocenters. The summed E-state index contributed by atoms with van der Waals surface area (Å²) in [6, 6.07) is 44.9. The number of aryl methyl sites for hydroxylation is 1. The van der Waals surface area contributed by atoms with Gasteiger partial charge in [-0.15, -0.1) is 0 Å². The van der Waals surface area contributed by atoms with Gasteiger partial charge in [-0.1, -0.05) is 109 Å². The van der Waals surface area contributed by atoms with Crippen molar-refractivity contribution in [1.29, 1.82) is 10.5 Å². The maximum absolute atomic E-state index is 10.3. The molecule has 0 saturated carbocycles. The van der Waals surface area contributed by atoms with Gasteiger partial charge in [0.25, 0.3) is 0 Å². The fraction of sp³-hybridized carbons (Fsp3) is 0.0909. The Kier molecular flexibility index (Phi) is 6.49. The Morgan fingerprint density at radius 3 is 2.23 bits per heavy atom. The molecule has 0 aliphatic heterocycles. The van der Waals surface area contributed by atoms with Crippen LogP contribution in [0.3, 0.4) is 0 Å². The van der Waals surface area contributed by atoms with Crippen LogP contribution in [0, 0.1) is 28.6 Å². The van der Waals surface area contributed by atoms with Crippen LogP contribution in [0.4, 0.5) is 0 Å². The van der Waals surface area contributed by atoms with E-state index in [9.17, 15) is 10.5 Å². The minimum absolute atomic E-state index is 0.229. The molecular formula is C44H30N4. The van der Waals surface area contributed by atoms with E-state index in [4.69, 9.17) is 0 Å². The number of nitriles is 2. The van der Waals surface area contributed by atoms with Gasteiger partial charge in [0.2, 0.25) is 0 Å². The molecule has 2 aliphatic rings. The first-order valence-corrected chi connectivity index (χ1v) is 16.4. The molecule has 7 aromatic rings. The van der Waals surface area contributed by atoms with Crippen molar-refractivity contribution in [2.24, 2.45) is 5.92 Å². The summed E-state index contributed by atoms with van der Waals surface area (Å²) < 4.78 is 4.66. The van der Waals surface area contributed by atoms with E-state index in [0.29, 0.717) is 5.56 Å². The number of para-hydroxylation sites is 3. The molecule has 0 amide bonds. The summed E-state index contributed by atoms with van der Waals surface area (Å²) in [5.41, 5.74) is 12.2. The molecular weight excluding hydrogens is 585 g/mol. The normalized spacial score (nSPS) is 16.9. The number of fused-ring (bicyclic) bond motifs is 6. The van der Waals surface area contributed by atoms with Crippen molar-refractivity contribution in [3.8, 4) is 29.0 Å². The molecule has 2 atom stereocenters. The molecule has 4 heteroatoms. The van der Waals surface area contributed by atoms with Gasteiger partial charge in [-0.2, -0.15) is 10.5 Å². The lowest BCUT2D eigenvalue weighted by Crippen LogP contribution is -2.17. The number of hydrogen-bond acceptors (Lipinski definition) is 2. The van der Waals surface area contributed by atoms with Gasteiger partial charge in [0, 0.05) is 32.9 Å². The summed E-state index contributed by atoms with van der Waals surface area (Å²) in [5, 5.41) is 23.5. The smallest absolute Gasteiger partial charge is 0.0992 e. The minimum atomic E-state index is -0.346.